The number of nitrogens with one attached hydrogen (secondary N) is 1. The summed E-state index contributed by atoms with van der Waals surface area (Å²) in [6, 6.07) is 13.4. The van der Waals surface area contributed by atoms with Gasteiger partial charge in [-0.2, -0.15) is 5.10 Å². The highest BCUT2D eigenvalue weighted by Crippen LogP contribution is 2.32. The molecule has 214 valence electrons. The number of halogens is 2. The highest BCUT2D eigenvalue weighted by Gasteiger charge is 2.26. The Kier molecular flexibility index (Phi) is 8.05. The van der Waals surface area contributed by atoms with E-state index in [-0.39, 0.29) is 11.8 Å². The number of aromatic nitrogens is 4. The molecule has 3 heterocycles. The minimum atomic E-state index is -0.288. The Labute approximate surface area is 244 Å². The second kappa shape index (κ2) is 12.0. The molecule has 0 unspecified atom stereocenters. The van der Waals surface area contributed by atoms with Crippen LogP contribution in [0.1, 0.15) is 50.0 Å². The molecule has 2 fully saturated rings. The third-order valence-corrected chi connectivity index (χ3v) is 8.43. The third-order valence-electron chi connectivity index (χ3n) is 8.17. The molecule has 41 heavy (non-hydrogen) atoms. The first-order valence-corrected chi connectivity index (χ1v) is 14.9. The minimum absolute atomic E-state index is 0.125. The molecule has 10 heteroatoms. The van der Waals surface area contributed by atoms with E-state index in [1.165, 1.54) is 44.2 Å². The Morgan fingerprint density at radius 1 is 0.951 bits per heavy atom. The van der Waals surface area contributed by atoms with Crippen molar-refractivity contribution in [3.63, 3.8) is 0 Å². The molecule has 0 radical (unpaired) electrons. The van der Waals surface area contributed by atoms with Gasteiger partial charge in [0.05, 0.1) is 16.8 Å². The Hall–Kier alpha value is -3.72. The van der Waals surface area contributed by atoms with Gasteiger partial charge in [0.2, 0.25) is 0 Å². The van der Waals surface area contributed by atoms with Crippen molar-refractivity contribution >= 4 is 40.2 Å². The van der Waals surface area contributed by atoms with E-state index in [0.29, 0.717) is 36.3 Å². The summed E-state index contributed by atoms with van der Waals surface area (Å²) in [7, 11) is 0. The van der Waals surface area contributed by atoms with Crippen molar-refractivity contribution in [1.82, 2.24) is 24.6 Å². The van der Waals surface area contributed by atoms with Crippen LogP contribution < -0.4 is 10.2 Å². The first-order chi connectivity index (χ1) is 19.9. The van der Waals surface area contributed by atoms with E-state index in [1.807, 2.05) is 16.5 Å². The molecule has 2 aromatic carbocycles. The number of hydrogen-bond donors (Lipinski definition) is 1. The topological polar surface area (TPSA) is 79.2 Å². The molecule has 1 saturated heterocycles. The first-order valence-electron chi connectivity index (χ1n) is 14.5. The molecule has 2 aromatic heterocycles. The van der Waals surface area contributed by atoms with Gasteiger partial charge in [0.25, 0.3) is 0 Å². The van der Waals surface area contributed by atoms with Crippen LogP contribution in [0.3, 0.4) is 0 Å². The van der Waals surface area contributed by atoms with Crippen LogP contribution in [0.4, 0.5) is 20.7 Å². The van der Waals surface area contributed by atoms with Crippen LogP contribution >= 0.6 is 11.6 Å². The maximum atomic E-state index is 13.7. The van der Waals surface area contributed by atoms with Gasteiger partial charge in [-0.05, 0) is 67.8 Å². The zero-order chi connectivity index (χ0) is 28.3. The highest BCUT2D eigenvalue weighted by atomic mass is 35.5. The summed E-state index contributed by atoms with van der Waals surface area (Å²) in [5, 5.41) is 9.35. The molecule has 1 saturated carbocycles. The van der Waals surface area contributed by atoms with Crippen LogP contribution in [-0.2, 0) is 6.42 Å². The van der Waals surface area contributed by atoms with Crippen LogP contribution in [0, 0.1) is 18.7 Å². The Balaban J connectivity index is 1.30. The predicted octanol–water partition coefficient (Wildman–Crippen LogP) is 6.78. The second-order valence-electron chi connectivity index (χ2n) is 11.1. The molecule has 0 atom stereocenters. The molecular weight excluding hydrogens is 541 g/mol. The normalized spacial score (nSPS) is 16.7. The van der Waals surface area contributed by atoms with Crippen molar-refractivity contribution < 1.29 is 9.18 Å². The quantitative estimate of drug-likeness (QED) is 0.284. The predicted molar refractivity (Wildman–Crippen MR) is 161 cm³/mol. The fraction of sp³-hybridized carbons (Fsp3) is 0.419. The smallest absolute Gasteiger partial charge is 0.321 e. The van der Waals surface area contributed by atoms with Gasteiger partial charge < -0.3 is 15.1 Å². The number of urea groups is 1. The molecule has 4 aromatic rings. The molecule has 1 aliphatic heterocycles. The zero-order valence-corrected chi connectivity index (χ0v) is 24.1. The molecular formula is C31H35ClFN7O. The van der Waals surface area contributed by atoms with Crippen molar-refractivity contribution in [2.24, 2.45) is 5.92 Å². The van der Waals surface area contributed by atoms with Crippen LogP contribution in [0.2, 0.25) is 5.02 Å². The standard InChI is InChI=1S/C31H35ClFN7O/c1-21-28-29(38-16-5-17-39(19-18-38)31(41)34-25-12-8-23(32)9-13-25)35-27(20-22-6-3-2-4-7-22)36-30(28)40(37-21)26-14-10-24(33)11-15-26/h8-15,22H,2-7,16-20H2,1H3,(H,34,41). The largest absolute Gasteiger partial charge is 0.354 e. The maximum absolute atomic E-state index is 13.7. The van der Waals surface area contributed by atoms with Gasteiger partial charge in [0.15, 0.2) is 5.65 Å². The third kappa shape index (κ3) is 6.15. The molecule has 2 amide bonds. The second-order valence-corrected chi connectivity index (χ2v) is 11.5. The van der Waals surface area contributed by atoms with Gasteiger partial charge in [0, 0.05) is 43.3 Å². The van der Waals surface area contributed by atoms with Crippen LogP contribution in [-0.4, -0.2) is 56.9 Å². The summed E-state index contributed by atoms with van der Waals surface area (Å²) in [4.78, 5) is 27.4. The lowest BCUT2D eigenvalue weighted by molar-refractivity contribution is 0.215. The monoisotopic (exact) mass is 575 g/mol. The average Bonchev–Trinajstić information content (AvgIpc) is 3.14. The fourth-order valence-corrected chi connectivity index (χ4v) is 6.13. The number of amides is 2. The summed E-state index contributed by atoms with van der Waals surface area (Å²) in [6.45, 7) is 4.59. The van der Waals surface area contributed by atoms with E-state index < -0.39 is 0 Å². The SMILES string of the molecule is Cc1nn(-c2ccc(F)cc2)c2nc(CC3CCCCC3)nc(N3CCCN(C(=O)Nc4ccc(Cl)cc4)CC3)c12. The molecule has 8 nitrogen and oxygen atoms in total. The maximum Gasteiger partial charge on any atom is 0.321 e. The lowest BCUT2D eigenvalue weighted by Gasteiger charge is -2.25. The molecule has 1 aliphatic carbocycles. The van der Waals surface area contributed by atoms with Crippen molar-refractivity contribution in [2.75, 3.05) is 36.4 Å². The average molecular weight is 576 g/mol. The van der Waals surface area contributed by atoms with Crippen LogP contribution in [0.25, 0.3) is 16.7 Å². The van der Waals surface area contributed by atoms with Gasteiger partial charge in [0.1, 0.15) is 17.5 Å². The number of aryl methyl sites for hydroxylation is 1. The number of benzene rings is 2. The van der Waals surface area contributed by atoms with Crippen molar-refractivity contribution in [3.05, 3.63) is 70.9 Å². The molecule has 0 bridgehead atoms. The molecule has 2 aliphatic rings. The summed E-state index contributed by atoms with van der Waals surface area (Å²) < 4.78 is 15.5. The molecule has 0 spiro atoms. The van der Waals surface area contributed by atoms with E-state index in [4.69, 9.17) is 26.7 Å². The first kappa shape index (κ1) is 27.4. The van der Waals surface area contributed by atoms with E-state index in [9.17, 15) is 9.18 Å². The Bertz CT molecular complexity index is 1520. The van der Waals surface area contributed by atoms with Crippen molar-refractivity contribution in [2.45, 2.75) is 51.9 Å². The molecule has 6 rings (SSSR count). The number of rotatable bonds is 5. The van der Waals surface area contributed by atoms with Crippen LogP contribution in [0.5, 0.6) is 0 Å². The van der Waals surface area contributed by atoms with Gasteiger partial charge in [-0.15, -0.1) is 0 Å². The zero-order valence-electron chi connectivity index (χ0n) is 23.3. The van der Waals surface area contributed by atoms with E-state index >= 15 is 0 Å². The lowest BCUT2D eigenvalue weighted by Crippen LogP contribution is -2.38. The van der Waals surface area contributed by atoms with Gasteiger partial charge in [-0.25, -0.2) is 23.8 Å². The van der Waals surface area contributed by atoms with Gasteiger partial charge in [-0.1, -0.05) is 43.7 Å². The lowest BCUT2D eigenvalue weighted by atomic mass is 9.87. The van der Waals surface area contributed by atoms with Crippen LogP contribution in [0.15, 0.2) is 48.5 Å². The van der Waals surface area contributed by atoms with Crippen molar-refractivity contribution in [3.8, 4) is 5.69 Å². The van der Waals surface area contributed by atoms with Gasteiger partial charge in [-0.3, -0.25) is 0 Å². The van der Waals surface area contributed by atoms with E-state index in [1.54, 1.807) is 36.4 Å². The summed E-state index contributed by atoms with van der Waals surface area (Å²) in [5.74, 6) is 1.98. The van der Waals surface area contributed by atoms with Crippen molar-refractivity contribution in [1.29, 1.82) is 0 Å². The summed E-state index contributed by atoms with van der Waals surface area (Å²) in [5.41, 5.74) is 3.05. The van der Waals surface area contributed by atoms with E-state index in [0.717, 1.165) is 53.4 Å². The highest BCUT2D eigenvalue weighted by molar-refractivity contribution is 6.30. The number of carbonyl (C=O) groups is 1. The summed E-state index contributed by atoms with van der Waals surface area (Å²) in [6.07, 6.45) is 7.86. The molecule has 1 N–H and O–H groups in total. The Morgan fingerprint density at radius 3 is 2.46 bits per heavy atom. The van der Waals surface area contributed by atoms with Gasteiger partial charge >= 0.3 is 6.03 Å². The van der Waals surface area contributed by atoms with E-state index in [2.05, 4.69) is 10.2 Å². The number of fused-ring (bicyclic) bond motifs is 1. The number of anilines is 2. The number of nitrogens with zero attached hydrogens (tertiary/aromatic N) is 6. The fourth-order valence-electron chi connectivity index (χ4n) is 6.01. The Morgan fingerprint density at radius 2 is 1.71 bits per heavy atom. The number of carbonyl (C=O) groups excluding carboxylic acids is 1. The number of hydrogen-bond acceptors (Lipinski definition) is 5. The summed E-state index contributed by atoms with van der Waals surface area (Å²) >= 11 is 5.99. The minimum Gasteiger partial charge on any atom is -0.354 e.